The molecular formula is C19H25Cl2F2N3O2. The molecule has 0 aliphatic carbocycles. The normalized spacial score (nSPS) is 16.2. The molecule has 1 atom stereocenters. The van der Waals surface area contributed by atoms with Crippen molar-refractivity contribution in [3.05, 3.63) is 41.9 Å². The number of hydrogen-bond donors (Lipinski definition) is 1. The largest absolute Gasteiger partial charge is 0.441 e. The van der Waals surface area contributed by atoms with Gasteiger partial charge >= 0.3 is 0 Å². The highest BCUT2D eigenvalue weighted by Gasteiger charge is 2.23. The van der Waals surface area contributed by atoms with Gasteiger partial charge in [0.25, 0.3) is 0 Å². The van der Waals surface area contributed by atoms with Crippen LogP contribution in [0.2, 0.25) is 0 Å². The van der Waals surface area contributed by atoms with Crippen molar-refractivity contribution in [3.8, 4) is 11.3 Å². The van der Waals surface area contributed by atoms with Gasteiger partial charge in [0, 0.05) is 32.0 Å². The van der Waals surface area contributed by atoms with Gasteiger partial charge in [-0.05, 0) is 44.5 Å². The number of benzene rings is 1. The lowest BCUT2D eigenvalue weighted by Gasteiger charge is -2.32. The van der Waals surface area contributed by atoms with Gasteiger partial charge in [-0.15, -0.1) is 24.8 Å². The van der Waals surface area contributed by atoms with E-state index in [0.717, 1.165) is 38.5 Å². The number of halogens is 4. The third-order valence-corrected chi connectivity index (χ3v) is 4.67. The van der Waals surface area contributed by atoms with E-state index in [4.69, 9.17) is 4.42 Å². The first-order valence-electron chi connectivity index (χ1n) is 8.89. The highest BCUT2D eigenvalue weighted by atomic mass is 35.5. The van der Waals surface area contributed by atoms with Crippen LogP contribution in [-0.2, 0) is 11.2 Å². The maximum atomic E-state index is 13.8. The molecule has 0 bridgehead atoms. The van der Waals surface area contributed by atoms with Crippen LogP contribution in [0.1, 0.15) is 25.2 Å². The molecule has 1 amide bonds. The molecule has 156 valence electrons. The highest BCUT2D eigenvalue weighted by Crippen LogP contribution is 2.25. The van der Waals surface area contributed by atoms with Crippen molar-refractivity contribution >= 4 is 30.7 Å². The molecule has 2 aromatic rings. The van der Waals surface area contributed by atoms with Crippen LogP contribution in [0.25, 0.3) is 11.3 Å². The number of amides is 1. The summed E-state index contributed by atoms with van der Waals surface area (Å²) in [6.45, 7) is 2.48. The molecule has 3 rings (SSSR count). The zero-order valence-electron chi connectivity index (χ0n) is 15.6. The van der Waals surface area contributed by atoms with Crippen LogP contribution < -0.4 is 5.32 Å². The minimum atomic E-state index is -0.701. The van der Waals surface area contributed by atoms with Crippen LogP contribution >= 0.6 is 24.8 Å². The third-order valence-electron chi connectivity index (χ3n) is 4.67. The van der Waals surface area contributed by atoms with Gasteiger partial charge in [0.1, 0.15) is 11.6 Å². The lowest BCUT2D eigenvalue weighted by molar-refractivity contribution is -0.133. The Hall–Kier alpha value is -1.70. The Morgan fingerprint density at radius 3 is 2.86 bits per heavy atom. The van der Waals surface area contributed by atoms with Crippen LogP contribution in [0, 0.1) is 17.6 Å². The van der Waals surface area contributed by atoms with Crippen molar-refractivity contribution in [2.24, 2.45) is 5.92 Å². The van der Waals surface area contributed by atoms with Gasteiger partial charge in [0.05, 0.1) is 11.8 Å². The highest BCUT2D eigenvalue weighted by molar-refractivity contribution is 5.85. The quantitative estimate of drug-likeness (QED) is 0.748. The van der Waals surface area contributed by atoms with Gasteiger partial charge in [0.2, 0.25) is 5.91 Å². The molecule has 1 saturated heterocycles. The van der Waals surface area contributed by atoms with Crippen molar-refractivity contribution in [1.82, 2.24) is 15.2 Å². The summed E-state index contributed by atoms with van der Waals surface area (Å²) in [4.78, 5) is 18.4. The summed E-state index contributed by atoms with van der Waals surface area (Å²) in [5.41, 5.74) is 0.155. The molecule has 1 aromatic heterocycles. The van der Waals surface area contributed by atoms with Gasteiger partial charge in [-0.1, -0.05) is 0 Å². The van der Waals surface area contributed by atoms with Crippen LogP contribution in [-0.4, -0.2) is 42.5 Å². The number of carbonyl (C=O) groups is 1. The molecule has 1 fully saturated rings. The fourth-order valence-electron chi connectivity index (χ4n) is 3.36. The predicted octanol–water partition coefficient (Wildman–Crippen LogP) is 3.85. The lowest BCUT2D eigenvalue weighted by atomic mass is 9.97. The maximum absolute atomic E-state index is 13.8. The minimum absolute atomic E-state index is 0. The molecule has 0 radical (unpaired) electrons. The number of hydrogen-bond acceptors (Lipinski definition) is 4. The summed E-state index contributed by atoms with van der Waals surface area (Å²) < 4.78 is 32.3. The van der Waals surface area contributed by atoms with Gasteiger partial charge in [-0.3, -0.25) is 4.79 Å². The van der Waals surface area contributed by atoms with Crippen molar-refractivity contribution < 1.29 is 18.0 Å². The average Bonchev–Trinajstić information content (AvgIpc) is 3.09. The second-order valence-corrected chi connectivity index (χ2v) is 6.65. The average molecular weight is 436 g/mol. The Morgan fingerprint density at radius 1 is 1.36 bits per heavy atom. The zero-order chi connectivity index (χ0) is 18.5. The van der Waals surface area contributed by atoms with Crippen LogP contribution in [0.3, 0.4) is 0 Å². The molecule has 1 aliphatic heterocycles. The van der Waals surface area contributed by atoms with E-state index in [-0.39, 0.29) is 42.0 Å². The number of likely N-dealkylation sites (tertiary alicyclic amines) is 1. The fourth-order valence-corrected chi connectivity index (χ4v) is 3.36. The van der Waals surface area contributed by atoms with E-state index in [1.54, 1.807) is 0 Å². The van der Waals surface area contributed by atoms with Crippen LogP contribution in [0.4, 0.5) is 8.78 Å². The number of oxazole rings is 1. The molecule has 5 nitrogen and oxygen atoms in total. The summed E-state index contributed by atoms with van der Waals surface area (Å²) in [5, 5.41) is 3.16. The standard InChI is InChI=1S/C19H23F2N3O2.2ClH/c1-22-10-13-3-2-8-24(12-13)19(25)7-6-18-23-11-17(26-18)15-5-4-14(20)9-16(15)21;;/h4-5,9,11,13,22H,2-3,6-8,10,12H2,1H3;2*1H. The Kier molecular flexibility index (Phi) is 9.85. The zero-order valence-corrected chi connectivity index (χ0v) is 17.3. The van der Waals surface area contributed by atoms with Gasteiger partial charge in [-0.2, -0.15) is 0 Å². The van der Waals surface area contributed by atoms with E-state index in [1.807, 2.05) is 11.9 Å². The number of nitrogens with zero attached hydrogens (tertiary/aromatic N) is 2. The topological polar surface area (TPSA) is 58.4 Å². The summed E-state index contributed by atoms with van der Waals surface area (Å²) in [6.07, 6.45) is 4.22. The van der Waals surface area contributed by atoms with Gasteiger partial charge in [0.15, 0.2) is 11.7 Å². The number of piperidine rings is 1. The van der Waals surface area contributed by atoms with Gasteiger partial charge in [-0.25, -0.2) is 13.8 Å². The number of rotatable bonds is 6. The number of aromatic nitrogens is 1. The van der Waals surface area contributed by atoms with E-state index < -0.39 is 11.6 Å². The van der Waals surface area contributed by atoms with Gasteiger partial charge < -0.3 is 14.6 Å². The molecule has 1 aromatic carbocycles. The van der Waals surface area contributed by atoms with Crippen molar-refractivity contribution in [2.45, 2.75) is 25.7 Å². The first kappa shape index (κ1) is 24.3. The fraction of sp³-hybridized carbons (Fsp3) is 0.474. The van der Waals surface area contributed by atoms with E-state index >= 15 is 0 Å². The lowest BCUT2D eigenvalue weighted by Crippen LogP contribution is -2.42. The molecule has 0 spiro atoms. The monoisotopic (exact) mass is 435 g/mol. The third kappa shape index (κ3) is 6.15. The number of nitrogens with one attached hydrogen (secondary N) is 1. The molecule has 28 heavy (non-hydrogen) atoms. The summed E-state index contributed by atoms with van der Waals surface area (Å²) in [6, 6.07) is 3.29. The van der Waals surface area contributed by atoms with E-state index in [2.05, 4.69) is 10.3 Å². The summed E-state index contributed by atoms with van der Waals surface area (Å²) in [7, 11) is 1.92. The maximum Gasteiger partial charge on any atom is 0.223 e. The number of carbonyl (C=O) groups excluding carboxylic acids is 1. The van der Waals surface area contributed by atoms with Crippen molar-refractivity contribution in [1.29, 1.82) is 0 Å². The number of aryl methyl sites for hydroxylation is 1. The minimum Gasteiger partial charge on any atom is -0.441 e. The van der Waals surface area contributed by atoms with Crippen molar-refractivity contribution in [2.75, 3.05) is 26.7 Å². The first-order valence-corrected chi connectivity index (χ1v) is 8.89. The Morgan fingerprint density at radius 2 is 2.14 bits per heavy atom. The Balaban J connectivity index is 0.00000196. The summed E-state index contributed by atoms with van der Waals surface area (Å²) in [5.74, 6) is -0.161. The second kappa shape index (κ2) is 11.3. The first-order chi connectivity index (χ1) is 12.6. The Bertz CT molecular complexity index is 771. The molecular weight excluding hydrogens is 411 g/mol. The van der Waals surface area contributed by atoms with Crippen molar-refractivity contribution in [3.63, 3.8) is 0 Å². The van der Waals surface area contributed by atoms with Crippen LogP contribution in [0.15, 0.2) is 28.8 Å². The summed E-state index contributed by atoms with van der Waals surface area (Å²) >= 11 is 0. The van der Waals surface area contributed by atoms with E-state index in [0.29, 0.717) is 24.7 Å². The van der Waals surface area contributed by atoms with E-state index in [1.165, 1.54) is 18.3 Å². The Labute approximate surface area is 175 Å². The molecule has 0 saturated carbocycles. The predicted molar refractivity (Wildman–Crippen MR) is 108 cm³/mol. The smallest absolute Gasteiger partial charge is 0.223 e. The van der Waals surface area contributed by atoms with E-state index in [9.17, 15) is 13.6 Å². The SMILES string of the molecule is CNCC1CCCN(C(=O)CCc2ncc(-c3ccc(F)cc3F)o2)C1.Cl.Cl. The molecule has 1 unspecified atom stereocenters. The molecule has 2 heterocycles. The second-order valence-electron chi connectivity index (χ2n) is 6.65. The van der Waals surface area contributed by atoms with Crippen LogP contribution in [0.5, 0.6) is 0 Å². The molecule has 9 heteroatoms. The molecule has 1 N–H and O–H groups in total. The molecule has 1 aliphatic rings.